The molecular formula is C28H20O6. The lowest BCUT2D eigenvalue weighted by Crippen LogP contribution is -2.22. The third-order valence-corrected chi connectivity index (χ3v) is 5.83. The first-order chi connectivity index (χ1) is 16.3. The predicted molar refractivity (Wildman–Crippen MR) is 130 cm³/mol. The smallest absolute Gasteiger partial charge is 0.351 e. The average molecular weight is 452 g/mol. The van der Waals surface area contributed by atoms with Gasteiger partial charge in [0, 0.05) is 10.9 Å². The second-order valence-corrected chi connectivity index (χ2v) is 8.26. The molecule has 2 aromatic heterocycles. The molecule has 0 saturated heterocycles. The van der Waals surface area contributed by atoms with E-state index in [-0.39, 0.29) is 22.5 Å². The normalized spacial score (nSPS) is 11.1. The van der Waals surface area contributed by atoms with Gasteiger partial charge in [-0.15, -0.1) is 0 Å². The Balaban J connectivity index is 1.70. The molecule has 0 spiro atoms. The van der Waals surface area contributed by atoms with Crippen LogP contribution in [0.25, 0.3) is 33.3 Å². The maximum atomic E-state index is 13.5. The van der Waals surface area contributed by atoms with Crippen LogP contribution in [0.15, 0.2) is 85.2 Å². The molecular weight excluding hydrogens is 432 g/mol. The van der Waals surface area contributed by atoms with Crippen LogP contribution in [0.2, 0.25) is 0 Å². The Bertz CT molecular complexity index is 1700. The lowest BCUT2D eigenvalue weighted by atomic mass is 10.0. The first kappa shape index (κ1) is 21.4. The van der Waals surface area contributed by atoms with E-state index in [4.69, 9.17) is 13.6 Å². The first-order valence-corrected chi connectivity index (χ1v) is 10.7. The van der Waals surface area contributed by atoms with E-state index >= 15 is 0 Å². The summed E-state index contributed by atoms with van der Waals surface area (Å²) in [5.41, 5.74) is 2.51. The second kappa shape index (κ2) is 8.15. The van der Waals surface area contributed by atoms with E-state index in [9.17, 15) is 14.4 Å². The first-order valence-electron chi connectivity index (χ1n) is 10.7. The highest BCUT2D eigenvalue weighted by Gasteiger charge is 2.24. The minimum Gasteiger partial charge on any atom is -0.452 e. The Morgan fingerprint density at radius 2 is 1.50 bits per heavy atom. The lowest BCUT2D eigenvalue weighted by molar-refractivity contribution is 0.0727. The Kier molecular flexibility index (Phi) is 5.13. The number of aryl methyl sites for hydroxylation is 3. The second-order valence-electron chi connectivity index (χ2n) is 8.26. The standard InChI is InChI=1S/C28H20O6/c1-15-8-10-18(11-9-15)25-26(24(29)20-12-16(2)17(3)13-23(20)32-25)34-28(31)21-14-19-6-4-5-7-22(19)33-27(21)30/h4-14H,1-3H3. The minimum atomic E-state index is -0.997. The van der Waals surface area contributed by atoms with Crippen molar-refractivity contribution < 1.29 is 18.4 Å². The van der Waals surface area contributed by atoms with E-state index in [0.29, 0.717) is 22.1 Å². The fourth-order valence-corrected chi connectivity index (χ4v) is 3.77. The zero-order valence-corrected chi connectivity index (χ0v) is 18.8. The third-order valence-electron chi connectivity index (χ3n) is 5.83. The Hall–Kier alpha value is -4.45. The summed E-state index contributed by atoms with van der Waals surface area (Å²) in [5.74, 6) is -1.17. The molecule has 0 fully saturated rings. The summed E-state index contributed by atoms with van der Waals surface area (Å²) in [7, 11) is 0. The SMILES string of the molecule is Cc1ccc(-c2oc3cc(C)c(C)cc3c(=O)c2OC(=O)c2cc3ccccc3oc2=O)cc1. The molecule has 2 heterocycles. The number of fused-ring (bicyclic) bond motifs is 2. The Labute approximate surface area is 194 Å². The maximum absolute atomic E-state index is 13.5. The molecule has 0 aliphatic heterocycles. The fourth-order valence-electron chi connectivity index (χ4n) is 3.77. The summed E-state index contributed by atoms with van der Waals surface area (Å²) in [5, 5.41) is 0.844. The van der Waals surface area contributed by atoms with Crippen molar-refractivity contribution in [1.29, 1.82) is 0 Å². The molecule has 0 saturated carbocycles. The van der Waals surface area contributed by atoms with Gasteiger partial charge < -0.3 is 13.6 Å². The maximum Gasteiger partial charge on any atom is 0.351 e. The molecule has 0 aliphatic carbocycles. The monoisotopic (exact) mass is 452 g/mol. The van der Waals surface area contributed by atoms with Crippen LogP contribution in [0.3, 0.4) is 0 Å². The quantitative estimate of drug-likeness (QED) is 0.257. The highest BCUT2D eigenvalue weighted by atomic mass is 16.5. The number of para-hydroxylation sites is 1. The van der Waals surface area contributed by atoms with Gasteiger partial charge in [0.1, 0.15) is 16.7 Å². The van der Waals surface area contributed by atoms with Gasteiger partial charge in [-0.3, -0.25) is 4.79 Å². The highest BCUT2D eigenvalue weighted by molar-refractivity contribution is 5.95. The number of hydrogen-bond donors (Lipinski definition) is 0. The van der Waals surface area contributed by atoms with Crippen LogP contribution < -0.4 is 15.8 Å². The predicted octanol–water partition coefficient (Wildman–Crippen LogP) is 5.71. The molecule has 168 valence electrons. The zero-order chi connectivity index (χ0) is 24.0. The van der Waals surface area contributed by atoms with Gasteiger partial charge in [0.15, 0.2) is 5.76 Å². The molecule has 0 radical (unpaired) electrons. The van der Waals surface area contributed by atoms with Crippen LogP contribution >= 0.6 is 0 Å². The van der Waals surface area contributed by atoms with Gasteiger partial charge in [0.2, 0.25) is 11.2 Å². The number of carbonyl (C=O) groups excluding carboxylic acids is 1. The molecule has 0 unspecified atom stereocenters. The van der Waals surface area contributed by atoms with Crippen molar-refractivity contribution in [2.75, 3.05) is 0 Å². The molecule has 0 N–H and O–H groups in total. The van der Waals surface area contributed by atoms with Crippen LogP contribution in [0.4, 0.5) is 0 Å². The van der Waals surface area contributed by atoms with Gasteiger partial charge >= 0.3 is 11.6 Å². The third kappa shape index (κ3) is 3.69. The van der Waals surface area contributed by atoms with Crippen LogP contribution in [0.1, 0.15) is 27.0 Å². The molecule has 6 nitrogen and oxygen atoms in total. The molecule has 0 aliphatic rings. The van der Waals surface area contributed by atoms with Crippen LogP contribution in [-0.2, 0) is 0 Å². The van der Waals surface area contributed by atoms with E-state index in [1.54, 1.807) is 48.5 Å². The number of rotatable bonds is 3. The fraction of sp³-hybridized carbons (Fsp3) is 0.107. The Morgan fingerprint density at radius 1 is 0.794 bits per heavy atom. The average Bonchev–Trinajstić information content (AvgIpc) is 2.82. The van der Waals surface area contributed by atoms with Crippen molar-refractivity contribution in [3.05, 3.63) is 110 Å². The molecule has 6 heteroatoms. The van der Waals surface area contributed by atoms with E-state index in [1.165, 1.54) is 6.07 Å². The minimum absolute atomic E-state index is 0.110. The van der Waals surface area contributed by atoms with Gasteiger partial charge in [0.25, 0.3) is 0 Å². The number of hydrogen-bond acceptors (Lipinski definition) is 6. The van der Waals surface area contributed by atoms with Gasteiger partial charge in [-0.2, -0.15) is 0 Å². The van der Waals surface area contributed by atoms with Gasteiger partial charge in [-0.25, -0.2) is 9.59 Å². The zero-order valence-electron chi connectivity index (χ0n) is 18.8. The molecule has 0 amide bonds. The van der Waals surface area contributed by atoms with E-state index < -0.39 is 17.0 Å². The molecule has 3 aromatic carbocycles. The van der Waals surface area contributed by atoms with Crippen LogP contribution in [-0.4, -0.2) is 5.97 Å². The summed E-state index contributed by atoms with van der Waals surface area (Å²) < 4.78 is 16.9. The van der Waals surface area contributed by atoms with Crippen molar-refractivity contribution in [3.63, 3.8) is 0 Å². The summed E-state index contributed by atoms with van der Waals surface area (Å²) in [4.78, 5) is 39.0. The van der Waals surface area contributed by atoms with Crippen molar-refractivity contribution in [3.8, 4) is 17.1 Å². The van der Waals surface area contributed by atoms with Crippen molar-refractivity contribution >= 4 is 27.9 Å². The van der Waals surface area contributed by atoms with Gasteiger partial charge in [-0.1, -0.05) is 48.0 Å². The van der Waals surface area contributed by atoms with Gasteiger partial charge in [-0.05, 0) is 56.2 Å². The molecule has 0 atom stereocenters. The summed E-state index contributed by atoms with van der Waals surface area (Å²) in [6, 6.07) is 19.0. The van der Waals surface area contributed by atoms with Crippen LogP contribution in [0, 0.1) is 20.8 Å². The van der Waals surface area contributed by atoms with E-state index in [0.717, 1.165) is 16.7 Å². The van der Waals surface area contributed by atoms with Crippen molar-refractivity contribution in [1.82, 2.24) is 0 Å². The molecule has 34 heavy (non-hydrogen) atoms. The summed E-state index contributed by atoms with van der Waals surface area (Å²) >= 11 is 0. The van der Waals surface area contributed by atoms with E-state index in [1.807, 2.05) is 32.9 Å². The Morgan fingerprint density at radius 3 is 2.26 bits per heavy atom. The number of esters is 1. The molecule has 0 bridgehead atoms. The largest absolute Gasteiger partial charge is 0.452 e. The summed E-state index contributed by atoms with van der Waals surface area (Å²) in [6.45, 7) is 5.74. The van der Waals surface area contributed by atoms with E-state index in [2.05, 4.69) is 0 Å². The number of benzene rings is 3. The number of ether oxygens (including phenoxy) is 1. The molecule has 5 aromatic rings. The summed E-state index contributed by atoms with van der Waals surface area (Å²) in [6.07, 6.45) is 0. The topological polar surface area (TPSA) is 86.7 Å². The van der Waals surface area contributed by atoms with Crippen molar-refractivity contribution in [2.45, 2.75) is 20.8 Å². The molecule has 5 rings (SSSR count). The van der Waals surface area contributed by atoms with Gasteiger partial charge in [0.05, 0.1) is 5.39 Å². The highest BCUT2D eigenvalue weighted by Crippen LogP contribution is 2.32. The number of carbonyl (C=O) groups is 1. The lowest BCUT2D eigenvalue weighted by Gasteiger charge is -2.12. The van der Waals surface area contributed by atoms with Crippen molar-refractivity contribution in [2.24, 2.45) is 0 Å². The van der Waals surface area contributed by atoms with Crippen LogP contribution in [0.5, 0.6) is 5.75 Å².